The van der Waals surface area contributed by atoms with Crippen molar-refractivity contribution in [2.75, 3.05) is 5.73 Å². The fourth-order valence-electron chi connectivity index (χ4n) is 0.456. The second-order valence-electron chi connectivity index (χ2n) is 1.60. The molecule has 0 saturated heterocycles. The molecule has 0 spiro atoms. The molecule has 0 aliphatic carbocycles. The van der Waals surface area contributed by atoms with Crippen LogP contribution in [0.25, 0.3) is 0 Å². The maximum atomic E-state index is 5.53. The van der Waals surface area contributed by atoms with Crippen molar-refractivity contribution in [3.05, 3.63) is 15.4 Å². The van der Waals surface area contributed by atoms with Crippen molar-refractivity contribution < 1.29 is 0 Å². The van der Waals surface area contributed by atoms with E-state index in [2.05, 4.69) is 15.9 Å². The smallest absolute Gasteiger partial charge is 0.0897 e. The van der Waals surface area contributed by atoms with E-state index in [1.165, 1.54) is 0 Å². The zero-order chi connectivity index (χ0) is 6.15. The highest BCUT2D eigenvalue weighted by molar-refractivity contribution is 9.11. The maximum Gasteiger partial charge on any atom is 0.0897 e. The third kappa shape index (κ3) is 1.03. The number of nitrogen functional groups attached to an aromatic ring is 1. The molecule has 0 aliphatic rings. The molecule has 1 heterocycles. The van der Waals surface area contributed by atoms with Crippen LogP contribution >= 0.6 is 27.3 Å². The number of anilines is 1. The molecular formula is C5H6BrNS. The third-order valence-corrected chi connectivity index (χ3v) is 2.50. The van der Waals surface area contributed by atoms with Gasteiger partial charge < -0.3 is 5.73 Å². The van der Waals surface area contributed by atoms with Gasteiger partial charge in [0.1, 0.15) is 0 Å². The van der Waals surface area contributed by atoms with Gasteiger partial charge in [0, 0.05) is 0 Å². The summed E-state index contributed by atoms with van der Waals surface area (Å²) in [5, 5.41) is 0.900. The number of nitrogens with two attached hydrogens (primary N) is 1. The van der Waals surface area contributed by atoms with E-state index in [0.717, 1.165) is 14.4 Å². The molecule has 0 radical (unpaired) electrons. The summed E-state index contributed by atoms with van der Waals surface area (Å²) in [7, 11) is 0. The van der Waals surface area contributed by atoms with Gasteiger partial charge in [-0.2, -0.15) is 0 Å². The molecular weight excluding hydrogens is 186 g/mol. The molecule has 0 amide bonds. The first-order valence-corrected chi connectivity index (χ1v) is 3.82. The largest absolute Gasteiger partial charge is 0.390 e. The summed E-state index contributed by atoms with van der Waals surface area (Å²) in [6.07, 6.45) is 0. The van der Waals surface area contributed by atoms with E-state index in [1.807, 2.05) is 13.0 Å². The van der Waals surface area contributed by atoms with Crippen LogP contribution in [0.2, 0.25) is 0 Å². The van der Waals surface area contributed by atoms with E-state index >= 15 is 0 Å². The number of rotatable bonds is 0. The second-order valence-corrected chi connectivity index (χ2v) is 4.06. The zero-order valence-electron chi connectivity index (χ0n) is 4.44. The molecule has 0 atom stereocenters. The van der Waals surface area contributed by atoms with Crippen molar-refractivity contribution in [2.24, 2.45) is 0 Å². The van der Waals surface area contributed by atoms with Gasteiger partial charge in [0.15, 0.2) is 0 Å². The Morgan fingerprint density at radius 3 is 2.50 bits per heavy atom. The summed E-state index contributed by atoms with van der Waals surface area (Å²) in [6.45, 7) is 2.00. The Morgan fingerprint density at radius 2 is 2.38 bits per heavy atom. The summed E-state index contributed by atoms with van der Waals surface area (Å²) in [6, 6.07) is 2.01. The maximum absolute atomic E-state index is 5.53. The van der Waals surface area contributed by atoms with E-state index in [0.29, 0.717) is 0 Å². The van der Waals surface area contributed by atoms with Crippen molar-refractivity contribution in [2.45, 2.75) is 6.92 Å². The zero-order valence-corrected chi connectivity index (χ0v) is 6.84. The summed E-state index contributed by atoms with van der Waals surface area (Å²) >= 11 is 4.89. The first kappa shape index (κ1) is 6.11. The molecule has 0 unspecified atom stereocenters. The van der Waals surface area contributed by atoms with Gasteiger partial charge in [-0.25, -0.2) is 0 Å². The van der Waals surface area contributed by atoms with E-state index in [9.17, 15) is 0 Å². The SMILES string of the molecule is Cc1cc(Br)sc1N. The van der Waals surface area contributed by atoms with Gasteiger partial charge in [-0.3, -0.25) is 0 Å². The molecule has 1 rings (SSSR count). The van der Waals surface area contributed by atoms with E-state index in [1.54, 1.807) is 11.3 Å². The van der Waals surface area contributed by atoms with Crippen LogP contribution in [0.3, 0.4) is 0 Å². The molecule has 0 aromatic carbocycles. The first-order chi connectivity index (χ1) is 3.70. The van der Waals surface area contributed by atoms with Crippen molar-refractivity contribution in [3.63, 3.8) is 0 Å². The minimum atomic E-state index is 0.900. The van der Waals surface area contributed by atoms with E-state index in [-0.39, 0.29) is 0 Å². The molecule has 44 valence electrons. The molecule has 1 aromatic rings. The Kier molecular flexibility index (Phi) is 1.58. The fraction of sp³-hybridized carbons (Fsp3) is 0.200. The highest BCUT2D eigenvalue weighted by Crippen LogP contribution is 2.27. The molecule has 0 saturated carbocycles. The van der Waals surface area contributed by atoms with Crippen LogP contribution in [0.4, 0.5) is 5.00 Å². The van der Waals surface area contributed by atoms with Gasteiger partial charge in [-0.15, -0.1) is 11.3 Å². The topological polar surface area (TPSA) is 26.0 Å². The number of hydrogen-bond donors (Lipinski definition) is 1. The van der Waals surface area contributed by atoms with Crippen LogP contribution in [-0.4, -0.2) is 0 Å². The quantitative estimate of drug-likeness (QED) is 0.671. The molecule has 1 aromatic heterocycles. The van der Waals surface area contributed by atoms with Crippen LogP contribution in [0.15, 0.2) is 9.85 Å². The highest BCUT2D eigenvalue weighted by Gasteiger charge is 1.96. The predicted molar refractivity (Wildman–Crippen MR) is 41.2 cm³/mol. The molecule has 0 fully saturated rings. The number of hydrogen-bond acceptors (Lipinski definition) is 2. The van der Waals surface area contributed by atoms with Gasteiger partial charge in [-0.05, 0) is 34.5 Å². The molecule has 3 heteroatoms. The van der Waals surface area contributed by atoms with Gasteiger partial charge in [-0.1, -0.05) is 0 Å². The van der Waals surface area contributed by atoms with Gasteiger partial charge in [0.2, 0.25) is 0 Å². The average molecular weight is 192 g/mol. The van der Waals surface area contributed by atoms with Crippen LogP contribution in [0.1, 0.15) is 5.56 Å². The number of aryl methyl sites for hydroxylation is 1. The Bertz CT molecular complexity index is 175. The first-order valence-electron chi connectivity index (χ1n) is 2.21. The van der Waals surface area contributed by atoms with Crippen LogP contribution in [-0.2, 0) is 0 Å². The second kappa shape index (κ2) is 2.07. The molecule has 0 bridgehead atoms. The Balaban J connectivity index is 3.14. The summed E-state index contributed by atoms with van der Waals surface area (Å²) in [5.74, 6) is 0. The predicted octanol–water partition coefficient (Wildman–Crippen LogP) is 2.40. The lowest BCUT2D eigenvalue weighted by Gasteiger charge is -1.80. The standard InChI is InChI=1S/C5H6BrNS/c1-3-2-4(6)8-5(3)7/h2H,7H2,1H3. The minimum absolute atomic E-state index is 0.900. The Morgan fingerprint density at radius 1 is 1.75 bits per heavy atom. The number of thiophene rings is 1. The van der Waals surface area contributed by atoms with Crippen molar-refractivity contribution in [1.82, 2.24) is 0 Å². The van der Waals surface area contributed by atoms with Gasteiger partial charge in [0.05, 0.1) is 8.79 Å². The summed E-state index contributed by atoms with van der Waals surface area (Å²) in [4.78, 5) is 0. The van der Waals surface area contributed by atoms with Crippen molar-refractivity contribution in [1.29, 1.82) is 0 Å². The monoisotopic (exact) mass is 191 g/mol. The number of halogens is 1. The van der Waals surface area contributed by atoms with Crippen LogP contribution in [0, 0.1) is 6.92 Å². The fourth-order valence-corrected chi connectivity index (χ4v) is 1.99. The van der Waals surface area contributed by atoms with E-state index < -0.39 is 0 Å². The van der Waals surface area contributed by atoms with Crippen LogP contribution < -0.4 is 5.73 Å². The highest BCUT2D eigenvalue weighted by atomic mass is 79.9. The van der Waals surface area contributed by atoms with Gasteiger partial charge in [0.25, 0.3) is 0 Å². The minimum Gasteiger partial charge on any atom is -0.390 e. The summed E-state index contributed by atoms with van der Waals surface area (Å²) in [5.41, 5.74) is 6.68. The lowest BCUT2D eigenvalue weighted by molar-refractivity contribution is 1.55. The normalized spacial score (nSPS) is 9.75. The molecule has 2 N–H and O–H groups in total. The summed E-state index contributed by atoms with van der Waals surface area (Å²) < 4.78 is 1.10. The average Bonchev–Trinajstić information content (AvgIpc) is 1.85. The Labute approximate surface area is 60.6 Å². The molecule has 8 heavy (non-hydrogen) atoms. The van der Waals surface area contributed by atoms with Crippen molar-refractivity contribution in [3.8, 4) is 0 Å². The Hall–Kier alpha value is -0.0200. The van der Waals surface area contributed by atoms with Crippen LogP contribution in [0.5, 0.6) is 0 Å². The lowest BCUT2D eigenvalue weighted by Crippen LogP contribution is -1.78. The molecule has 0 aliphatic heterocycles. The van der Waals surface area contributed by atoms with Gasteiger partial charge >= 0.3 is 0 Å². The van der Waals surface area contributed by atoms with Crippen molar-refractivity contribution >= 4 is 32.3 Å². The third-order valence-electron chi connectivity index (χ3n) is 0.926. The van der Waals surface area contributed by atoms with E-state index in [4.69, 9.17) is 5.73 Å². The molecule has 1 nitrogen and oxygen atoms in total. The lowest BCUT2D eigenvalue weighted by atomic mass is 10.4.